The molecule has 1 atom stereocenters. The van der Waals surface area contributed by atoms with E-state index in [1.165, 1.54) is 10.9 Å². The maximum Gasteiger partial charge on any atom is 0.278 e. The molecule has 0 radical (unpaired) electrons. The van der Waals surface area contributed by atoms with Crippen molar-refractivity contribution < 1.29 is 23.5 Å². The van der Waals surface area contributed by atoms with Crippen LogP contribution in [-0.4, -0.2) is 45.8 Å². The molecule has 1 saturated heterocycles. The molecular weight excluding hydrogens is 434 g/mol. The van der Waals surface area contributed by atoms with E-state index >= 15 is 0 Å². The van der Waals surface area contributed by atoms with Gasteiger partial charge in [-0.15, -0.1) is 0 Å². The van der Waals surface area contributed by atoms with E-state index in [2.05, 4.69) is 5.32 Å². The zero-order chi connectivity index (χ0) is 22.4. The molecule has 4 rings (SSSR count). The minimum Gasteiger partial charge on any atom is -0.502 e. The standard InChI is InChI=1S/C20H19ClF2N4O4/c1-2-25-13-4-3-7-26(13)27-9-11(17(28)18(29)16(27)20(25)31)19(30)24-8-10-5-6-12(22)14(21)15(10)23/h5-6,9,13,29H,2-4,7-8H2,1H3,(H,24,30)/t13-/m0/s1. The summed E-state index contributed by atoms with van der Waals surface area (Å²) in [6.07, 6.45) is 2.49. The first-order valence-corrected chi connectivity index (χ1v) is 10.1. The van der Waals surface area contributed by atoms with Gasteiger partial charge in [-0.25, -0.2) is 8.78 Å². The molecule has 2 amide bonds. The second-order valence-corrected chi connectivity index (χ2v) is 7.69. The van der Waals surface area contributed by atoms with Crippen LogP contribution in [-0.2, 0) is 6.54 Å². The van der Waals surface area contributed by atoms with Gasteiger partial charge in [-0.05, 0) is 25.8 Å². The molecule has 0 unspecified atom stereocenters. The van der Waals surface area contributed by atoms with Crippen LogP contribution in [0.3, 0.4) is 0 Å². The number of aromatic hydroxyl groups is 1. The van der Waals surface area contributed by atoms with E-state index in [1.54, 1.807) is 4.90 Å². The predicted molar refractivity (Wildman–Crippen MR) is 108 cm³/mol. The lowest BCUT2D eigenvalue weighted by atomic mass is 10.1. The third kappa shape index (κ3) is 3.31. The summed E-state index contributed by atoms with van der Waals surface area (Å²) in [5, 5.41) is 14.0. The first-order valence-electron chi connectivity index (χ1n) is 9.73. The topological polar surface area (TPSA) is 94.9 Å². The Morgan fingerprint density at radius 1 is 1.32 bits per heavy atom. The number of amides is 2. The Labute approximate surface area is 180 Å². The highest BCUT2D eigenvalue weighted by Gasteiger charge is 2.42. The van der Waals surface area contributed by atoms with Crippen molar-refractivity contribution in [3.05, 3.63) is 62.0 Å². The summed E-state index contributed by atoms with van der Waals surface area (Å²) in [6, 6.07) is 2.09. The lowest BCUT2D eigenvalue weighted by molar-refractivity contribution is 0.0606. The number of nitrogens with zero attached hydrogens (tertiary/aromatic N) is 3. The van der Waals surface area contributed by atoms with Crippen molar-refractivity contribution in [2.75, 3.05) is 18.1 Å². The number of hydrogen-bond acceptors (Lipinski definition) is 5. The number of benzene rings is 1. The molecule has 2 aliphatic rings. The average molecular weight is 453 g/mol. The molecule has 1 fully saturated rings. The summed E-state index contributed by atoms with van der Waals surface area (Å²) in [7, 11) is 0. The molecule has 0 aliphatic carbocycles. The molecule has 2 aromatic rings. The number of aromatic nitrogens is 1. The van der Waals surface area contributed by atoms with Crippen LogP contribution < -0.4 is 15.8 Å². The van der Waals surface area contributed by atoms with E-state index in [1.807, 2.05) is 11.9 Å². The van der Waals surface area contributed by atoms with Gasteiger partial charge in [0.2, 0.25) is 5.43 Å². The Balaban J connectivity index is 1.68. The molecule has 0 bridgehead atoms. The summed E-state index contributed by atoms with van der Waals surface area (Å²) in [5.41, 5.74) is -1.69. The Hall–Kier alpha value is -3.14. The molecule has 8 nitrogen and oxygen atoms in total. The second-order valence-electron chi connectivity index (χ2n) is 7.31. The van der Waals surface area contributed by atoms with Crippen LogP contribution in [0, 0.1) is 11.6 Å². The van der Waals surface area contributed by atoms with Gasteiger partial charge in [-0.2, -0.15) is 0 Å². The van der Waals surface area contributed by atoms with E-state index < -0.39 is 45.2 Å². The van der Waals surface area contributed by atoms with Gasteiger partial charge >= 0.3 is 0 Å². The number of halogens is 3. The van der Waals surface area contributed by atoms with Crippen molar-refractivity contribution in [1.29, 1.82) is 0 Å². The molecule has 11 heteroatoms. The van der Waals surface area contributed by atoms with Crippen molar-refractivity contribution >= 4 is 23.4 Å². The Bertz CT molecular complexity index is 1150. The quantitative estimate of drug-likeness (QED) is 0.691. The molecule has 0 saturated carbocycles. The Morgan fingerprint density at radius 2 is 2.06 bits per heavy atom. The molecular formula is C20H19ClF2N4O4. The zero-order valence-electron chi connectivity index (χ0n) is 16.5. The first kappa shape index (κ1) is 21.1. The summed E-state index contributed by atoms with van der Waals surface area (Å²) >= 11 is 5.54. The SMILES string of the molecule is CCN1C(=O)c2c(O)c(=O)c(C(=O)NCc3ccc(F)c(Cl)c3F)cn2N2CCC[C@@H]12. The fourth-order valence-corrected chi connectivity index (χ4v) is 4.24. The van der Waals surface area contributed by atoms with Gasteiger partial charge in [0.25, 0.3) is 11.8 Å². The average Bonchev–Trinajstić information content (AvgIpc) is 3.23. The van der Waals surface area contributed by atoms with Crippen LogP contribution >= 0.6 is 11.6 Å². The molecule has 1 aromatic carbocycles. The fraction of sp³-hybridized carbons (Fsp3) is 0.350. The third-order valence-corrected chi connectivity index (χ3v) is 5.94. The number of carbonyl (C=O) groups is 2. The second kappa shape index (κ2) is 7.84. The van der Waals surface area contributed by atoms with E-state index in [-0.39, 0.29) is 24.0 Å². The van der Waals surface area contributed by atoms with Gasteiger partial charge in [0.05, 0.1) is 0 Å². The van der Waals surface area contributed by atoms with Crippen LogP contribution in [0.25, 0.3) is 0 Å². The summed E-state index contributed by atoms with van der Waals surface area (Å²) in [4.78, 5) is 39.7. The monoisotopic (exact) mass is 452 g/mol. The Kier molecular flexibility index (Phi) is 5.34. The lowest BCUT2D eigenvalue weighted by Crippen LogP contribution is -2.58. The number of nitrogens with one attached hydrogen (secondary N) is 1. The van der Waals surface area contributed by atoms with E-state index in [0.29, 0.717) is 13.1 Å². The molecule has 3 heterocycles. The summed E-state index contributed by atoms with van der Waals surface area (Å²) in [6.45, 7) is 2.43. The number of fused-ring (bicyclic) bond motifs is 3. The van der Waals surface area contributed by atoms with Gasteiger partial charge < -0.3 is 15.3 Å². The Morgan fingerprint density at radius 3 is 2.77 bits per heavy atom. The largest absolute Gasteiger partial charge is 0.502 e. The molecule has 2 aliphatic heterocycles. The van der Waals surface area contributed by atoms with Gasteiger partial charge in [0, 0.05) is 31.4 Å². The maximum absolute atomic E-state index is 14.1. The highest BCUT2D eigenvalue weighted by molar-refractivity contribution is 6.30. The van der Waals surface area contributed by atoms with E-state index in [0.717, 1.165) is 25.0 Å². The van der Waals surface area contributed by atoms with Crippen LogP contribution in [0.1, 0.15) is 46.2 Å². The third-order valence-electron chi connectivity index (χ3n) is 5.60. The predicted octanol–water partition coefficient (Wildman–Crippen LogP) is 1.95. The van der Waals surface area contributed by atoms with E-state index in [9.17, 15) is 28.3 Å². The van der Waals surface area contributed by atoms with E-state index in [4.69, 9.17) is 11.6 Å². The van der Waals surface area contributed by atoms with Crippen LogP contribution in [0.5, 0.6) is 5.75 Å². The van der Waals surface area contributed by atoms with Crippen molar-refractivity contribution in [3.63, 3.8) is 0 Å². The van der Waals surface area contributed by atoms with Gasteiger partial charge in [-0.1, -0.05) is 17.7 Å². The lowest BCUT2D eigenvalue weighted by Gasteiger charge is -2.42. The fourth-order valence-electron chi connectivity index (χ4n) is 4.05. The maximum atomic E-state index is 14.1. The van der Waals surface area contributed by atoms with Gasteiger partial charge in [-0.3, -0.25) is 24.1 Å². The van der Waals surface area contributed by atoms with Crippen LogP contribution in [0.2, 0.25) is 5.02 Å². The summed E-state index contributed by atoms with van der Waals surface area (Å²) < 4.78 is 28.7. The smallest absolute Gasteiger partial charge is 0.278 e. The molecule has 1 aromatic heterocycles. The van der Waals surface area contributed by atoms with Crippen molar-refractivity contribution in [3.8, 4) is 5.75 Å². The first-order chi connectivity index (χ1) is 14.8. The highest BCUT2D eigenvalue weighted by Crippen LogP contribution is 2.30. The van der Waals surface area contributed by atoms with Crippen molar-refractivity contribution in [2.24, 2.45) is 0 Å². The highest BCUT2D eigenvalue weighted by atomic mass is 35.5. The zero-order valence-corrected chi connectivity index (χ0v) is 17.2. The molecule has 31 heavy (non-hydrogen) atoms. The minimum atomic E-state index is -1.02. The van der Waals surface area contributed by atoms with Crippen molar-refractivity contribution in [2.45, 2.75) is 32.5 Å². The molecule has 2 N–H and O–H groups in total. The normalized spacial score (nSPS) is 17.5. The minimum absolute atomic E-state index is 0.0737. The molecule has 0 spiro atoms. The van der Waals surface area contributed by atoms with Crippen LogP contribution in [0.4, 0.5) is 8.78 Å². The van der Waals surface area contributed by atoms with Gasteiger partial charge in [0.15, 0.2) is 11.4 Å². The number of rotatable bonds is 4. The number of carbonyl (C=O) groups excluding carboxylic acids is 2. The molecule has 164 valence electrons. The number of pyridine rings is 1. The van der Waals surface area contributed by atoms with Crippen molar-refractivity contribution in [1.82, 2.24) is 14.9 Å². The summed E-state index contributed by atoms with van der Waals surface area (Å²) in [5.74, 6) is -4.14. The van der Waals surface area contributed by atoms with Gasteiger partial charge in [0.1, 0.15) is 28.4 Å². The number of hydrogen-bond donors (Lipinski definition) is 2. The van der Waals surface area contributed by atoms with Crippen LogP contribution in [0.15, 0.2) is 23.1 Å².